The predicted octanol–water partition coefficient (Wildman–Crippen LogP) is 2.66. The number of para-hydroxylation sites is 1. The lowest BCUT2D eigenvalue weighted by atomic mass is 10.2. The van der Waals surface area contributed by atoms with Crippen LogP contribution in [0.3, 0.4) is 0 Å². The van der Waals surface area contributed by atoms with E-state index in [0.29, 0.717) is 12.4 Å². The van der Waals surface area contributed by atoms with Crippen molar-refractivity contribution in [2.75, 3.05) is 26.9 Å². The number of hydrogen-bond donors (Lipinski definition) is 1. The number of pyridine rings is 1. The summed E-state index contributed by atoms with van der Waals surface area (Å²) in [5.74, 6) is 3.13. The van der Waals surface area contributed by atoms with Crippen molar-refractivity contribution in [3.8, 4) is 17.4 Å². The van der Waals surface area contributed by atoms with Crippen molar-refractivity contribution >= 4 is 29.9 Å². The Hall–Kier alpha value is -2.23. The number of nitrogens with zero attached hydrogens (tertiary/aromatic N) is 3. The fourth-order valence-electron chi connectivity index (χ4n) is 3.24. The molecule has 2 aliphatic heterocycles. The number of halogens is 1. The van der Waals surface area contributed by atoms with E-state index in [1.165, 1.54) is 0 Å². The van der Waals surface area contributed by atoms with E-state index < -0.39 is 0 Å². The molecule has 1 aromatic carbocycles. The average molecular weight is 482 g/mol. The third-order valence-electron chi connectivity index (χ3n) is 4.50. The van der Waals surface area contributed by atoms with Crippen LogP contribution >= 0.6 is 24.0 Å². The minimum Gasteiger partial charge on any atom is -0.472 e. The molecule has 1 N–H and O–H groups in total. The van der Waals surface area contributed by atoms with Gasteiger partial charge < -0.3 is 24.4 Å². The topological polar surface area (TPSA) is 68.2 Å². The summed E-state index contributed by atoms with van der Waals surface area (Å²) in [6.07, 6.45) is 2.79. The third-order valence-corrected chi connectivity index (χ3v) is 4.50. The van der Waals surface area contributed by atoms with Crippen LogP contribution in [0.1, 0.15) is 12.0 Å². The fourth-order valence-corrected chi connectivity index (χ4v) is 3.24. The van der Waals surface area contributed by atoms with Crippen molar-refractivity contribution in [3.05, 3.63) is 48.2 Å². The van der Waals surface area contributed by atoms with Gasteiger partial charge in [-0.05, 0) is 12.1 Å². The maximum atomic E-state index is 5.95. The molecule has 0 saturated carbocycles. The van der Waals surface area contributed by atoms with Gasteiger partial charge in [-0.1, -0.05) is 18.2 Å². The zero-order chi connectivity index (χ0) is 17.8. The minimum absolute atomic E-state index is 0. The number of guanidine groups is 1. The molecule has 2 aliphatic rings. The summed E-state index contributed by atoms with van der Waals surface area (Å²) >= 11 is 0. The molecular formula is C19H23IN4O3. The first-order valence-corrected chi connectivity index (χ1v) is 8.74. The Morgan fingerprint density at radius 1 is 1.30 bits per heavy atom. The van der Waals surface area contributed by atoms with E-state index in [0.717, 1.165) is 42.5 Å². The van der Waals surface area contributed by atoms with Gasteiger partial charge in [0.1, 0.15) is 6.10 Å². The summed E-state index contributed by atoms with van der Waals surface area (Å²) in [6.45, 7) is 2.58. The average Bonchev–Trinajstić information content (AvgIpc) is 3.33. The summed E-state index contributed by atoms with van der Waals surface area (Å²) in [5.41, 5.74) is 1.06. The first kappa shape index (κ1) is 19.5. The molecule has 4 rings (SSSR count). The van der Waals surface area contributed by atoms with Gasteiger partial charge in [-0.2, -0.15) is 0 Å². The largest absolute Gasteiger partial charge is 0.472 e. The van der Waals surface area contributed by atoms with Crippen LogP contribution in [0.2, 0.25) is 0 Å². The molecule has 1 atom stereocenters. The monoisotopic (exact) mass is 482 g/mol. The van der Waals surface area contributed by atoms with Gasteiger partial charge in [0.05, 0.1) is 6.54 Å². The number of likely N-dealkylation sites (tertiary alicyclic amines) is 1. The van der Waals surface area contributed by atoms with Gasteiger partial charge in [0.15, 0.2) is 17.5 Å². The smallest absolute Gasteiger partial charge is 0.231 e. The van der Waals surface area contributed by atoms with Crippen molar-refractivity contribution in [2.45, 2.75) is 19.1 Å². The fraction of sp³-hybridized carbons (Fsp3) is 0.368. The molecule has 0 bridgehead atoms. The van der Waals surface area contributed by atoms with E-state index >= 15 is 0 Å². The maximum absolute atomic E-state index is 5.95. The number of nitrogens with one attached hydrogen (secondary N) is 1. The summed E-state index contributed by atoms with van der Waals surface area (Å²) in [5, 5.41) is 3.41. The number of benzene rings is 1. The lowest BCUT2D eigenvalue weighted by Gasteiger charge is -2.22. The van der Waals surface area contributed by atoms with Gasteiger partial charge in [0.25, 0.3) is 0 Å². The van der Waals surface area contributed by atoms with Crippen LogP contribution in [0.25, 0.3) is 0 Å². The molecule has 27 heavy (non-hydrogen) atoms. The second-order valence-corrected chi connectivity index (χ2v) is 6.19. The van der Waals surface area contributed by atoms with Crippen LogP contribution in [0.5, 0.6) is 17.4 Å². The maximum Gasteiger partial charge on any atom is 0.231 e. The van der Waals surface area contributed by atoms with Gasteiger partial charge >= 0.3 is 0 Å². The summed E-state index contributed by atoms with van der Waals surface area (Å²) < 4.78 is 16.9. The highest BCUT2D eigenvalue weighted by Crippen LogP contribution is 2.35. The van der Waals surface area contributed by atoms with E-state index in [2.05, 4.69) is 20.2 Å². The second-order valence-electron chi connectivity index (χ2n) is 6.19. The van der Waals surface area contributed by atoms with Crippen molar-refractivity contribution in [3.63, 3.8) is 0 Å². The molecule has 1 aromatic heterocycles. The number of rotatable bonds is 4. The number of fused-ring (bicyclic) bond motifs is 1. The minimum atomic E-state index is 0. The highest BCUT2D eigenvalue weighted by atomic mass is 127. The van der Waals surface area contributed by atoms with Crippen LogP contribution in [0, 0.1) is 0 Å². The summed E-state index contributed by atoms with van der Waals surface area (Å²) in [6, 6.07) is 11.6. The molecule has 1 fully saturated rings. The van der Waals surface area contributed by atoms with Crippen LogP contribution < -0.4 is 19.5 Å². The van der Waals surface area contributed by atoms with Crippen LogP contribution in [-0.4, -0.2) is 48.9 Å². The van der Waals surface area contributed by atoms with Gasteiger partial charge in [0.2, 0.25) is 12.7 Å². The lowest BCUT2D eigenvalue weighted by Crippen LogP contribution is -2.40. The molecule has 7 nitrogen and oxygen atoms in total. The quantitative estimate of drug-likeness (QED) is 0.411. The Kier molecular flexibility index (Phi) is 6.59. The number of aliphatic imine (C=N–C) groups is 1. The molecule has 1 unspecified atom stereocenters. The lowest BCUT2D eigenvalue weighted by molar-refractivity contribution is 0.173. The zero-order valence-corrected chi connectivity index (χ0v) is 17.5. The van der Waals surface area contributed by atoms with Gasteiger partial charge in [-0.25, -0.2) is 4.98 Å². The Bertz CT molecular complexity index is 788. The highest BCUT2D eigenvalue weighted by molar-refractivity contribution is 14.0. The van der Waals surface area contributed by atoms with Crippen molar-refractivity contribution in [2.24, 2.45) is 4.99 Å². The number of ether oxygens (including phenoxy) is 3. The summed E-state index contributed by atoms with van der Waals surface area (Å²) in [4.78, 5) is 10.8. The van der Waals surface area contributed by atoms with Crippen LogP contribution in [0.4, 0.5) is 0 Å². The van der Waals surface area contributed by atoms with E-state index in [4.69, 9.17) is 14.2 Å². The molecule has 2 aromatic rings. The Balaban J connectivity index is 0.00000210. The van der Waals surface area contributed by atoms with Crippen LogP contribution in [-0.2, 0) is 6.54 Å². The molecule has 0 spiro atoms. The van der Waals surface area contributed by atoms with E-state index in [-0.39, 0.29) is 36.9 Å². The first-order valence-electron chi connectivity index (χ1n) is 8.74. The predicted molar refractivity (Wildman–Crippen MR) is 113 cm³/mol. The molecule has 0 radical (unpaired) electrons. The molecule has 3 heterocycles. The first-order chi connectivity index (χ1) is 12.8. The second kappa shape index (κ2) is 9.12. The van der Waals surface area contributed by atoms with E-state index in [1.54, 1.807) is 13.2 Å². The number of aromatic nitrogens is 1. The normalized spacial score (nSPS) is 18.2. The van der Waals surface area contributed by atoms with Gasteiger partial charge in [-0.3, -0.25) is 4.99 Å². The van der Waals surface area contributed by atoms with Crippen LogP contribution in [0.15, 0.2) is 47.6 Å². The Morgan fingerprint density at radius 3 is 3.04 bits per heavy atom. The zero-order valence-electron chi connectivity index (χ0n) is 15.1. The van der Waals surface area contributed by atoms with Crippen molar-refractivity contribution < 1.29 is 14.2 Å². The molecule has 144 valence electrons. The van der Waals surface area contributed by atoms with Crippen molar-refractivity contribution in [1.82, 2.24) is 15.2 Å². The number of hydrogen-bond acceptors (Lipinski definition) is 5. The standard InChI is InChI=1S/C19H22N4O3.HI/c1-20-19(22-11-14-5-4-6-16-18(14)25-13-24-16)23-10-8-15(12-23)26-17-7-2-3-9-21-17;/h2-7,9,15H,8,10-13H2,1H3,(H,20,22);1H. The summed E-state index contributed by atoms with van der Waals surface area (Å²) in [7, 11) is 1.80. The molecule has 1 saturated heterocycles. The molecule has 0 aliphatic carbocycles. The SMILES string of the molecule is CN=C(NCc1cccc2c1OCO2)N1CCC(Oc2ccccn2)C1.I. The van der Waals surface area contributed by atoms with E-state index in [1.807, 2.05) is 36.4 Å². The third kappa shape index (κ3) is 4.55. The van der Waals surface area contributed by atoms with Gasteiger partial charge in [0, 0.05) is 44.4 Å². The Morgan fingerprint density at radius 2 is 2.22 bits per heavy atom. The molecule has 0 amide bonds. The molecule has 8 heteroatoms. The highest BCUT2D eigenvalue weighted by Gasteiger charge is 2.27. The van der Waals surface area contributed by atoms with Crippen molar-refractivity contribution in [1.29, 1.82) is 0 Å². The Labute approximate surface area is 175 Å². The van der Waals surface area contributed by atoms with Gasteiger partial charge in [-0.15, -0.1) is 24.0 Å². The van der Waals surface area contributed by atoms with E-state index in [9.17, 15) is 0 Å². The molecular weight excluding hydrogens is 459 g/mol.